The van der Waals surface area contributed by atoms with Crippen molar-refractivity contribution in [3.05, 3.63) is 12.5 Å². The molecule has 0 radical (unpaired) electrons. The summed E-state index contributed by atoms with van der Waals surface area (Å²) in [6.07, 6.45) is 8.24. The third kappa shape index (κ3) is 2.37. The molecule has 0 saturated heterocycles. The maximum absolute atomic E-state index is 4.48. The van der Waals surface area contributed by atoms with Gasteiger partial charge in [0.2, 0.25) is 0 Å². The molecule has 0 spiro atoms. The second kappa shape index (κ2) is 4.62. The number of anilines is 1. The third-order valence-corrected chi connectivity index (χ3v) is 5.24. The fourth-order valence-corrected chi connectivity index (χ4v) is 3.04. The van der Waals surface area contributed by atoms with Gasteiger partial charge in [-0.05, 0) is 39.9 Å². The van der Waals surface area contributed by atoms with Crippen molar-refractivity contribution >= 4 is 28.6 Å². The van der Waals surface area contributed by atoms with E-state index >= 15 is 0 Å². The van der Waals surface area contributed by atoms with E-state index in [-0.39, 0.29) is 5.54 Å². The largest absolute Gasteiger partial charge is 0.368 e. The first-order chi connectivity index (χ1) is 9.45. The molecule has 5 nitrogen and oxygen atoms in total. The summed E-state index contributed by atoms with van der Waals surface area (Å²) in [7, 11) is 0. The summed E-state index contributed by atoms with van der Waals surface area (Å²) in [5.41, 5.74) is 0.814. The highest BCUT2D eigenvalue weighted by atomic mass is 32.2. The molecule has 2 heterocycles. The molecule has 1 fully saturated rings. The number of fused-ring (bicyclic) bond motifs is 1. The van der Waals surface area contributed by atoms with Crippen LogP contribution in [0, 0.1) is 0 Å². The molecule has 2 aromatic heterocycles. The zero-order chi connectivity index (χ0) is 14.4. The van der Waals surface area contributed by atoms with E-state index in [1.165, 1.54) is 12.8 Å². The summed E-state index contributed by atoms with van der Waals surface area (Å²) in [4.78, 5) is 8.78. The highest BCUT2D eigenvalue weighted by Gasteiger charge is 2.41. The number of aromatic nitrogens is 4. The molecule has 3 rings (SSSR count). The molecule has 0 unspecified atom stereocenters. The van der Waals surface area contributed by atoms with E-state index in [9.17, 15) is 0 Å². The van der Waals surface area contributed by atoms with E-state index in [2.05, 4.69) is 47.4 Å². The molecular formula is C14H21N5S. The molecule has 0 bridgehead atoms. The van der Waals surface area contributed by atoms with Crippen molar-refractivity contribution in [2.24, 2.45) is 0 Å². The third-order valence-electron chi connectivity index (χ3n) is 3.82. The van der Waals surface area contributed by atoms with Crippen LogP contribution in [0.2, 0.25) is 0 Å². The van der Waals surface area contributed by atoms with Crippen LogP contribution in [0.3, 0.4) is 0 Å². The zero-order valence-corrected chi connectivity index (χ0v) is 13.3. The Bertz CT molecular complexity index is 624. The number of rotatable bonds is 4. The van der Waals surface area contributed by atoms with Gasteiger partial charge in [0.05, 0.1) is 17.1 Å². The van der Waals surface area contributed by atoms with Gasteiger partial charge in [0, 0.05) is 11.3 Å². The van der Waals surface area contributed by atoms with Crippen molar-refractivity contribution in [2.45, 2.75) is 43.9 Å². The van der Waals surface area contributed by atoms with Gasteiger partial charge in [0.25, 0.3) is 0 Å². The maximum atomic E-state index is 4.48. The highest BCUT2D eigenvalue weighted by molar-refractivity contribution is 8.00. The molecule has 6 heteroatoms. The summed E-state index contributed by atoms with van der Waals surface area (Å²) in [6.45, 7) is 7.34. The van der Waals surface area contributed by atoms with Gasteiger partial charge in [-0.2, -0.15) is 16.9 Å². The number of nitrogens with one attached hydrogen (secondary N) is 1. The van der Waals surface area contributed by atoms with E-state index in [1.807, 2.05) is 22.6 Å². The molecule has 108 valence electrons. The lowest BCUT2D eigenvalue weighted by Gasteiger charge is -2.19. The Morgan fingerprint density at radius 3 is 2.70 bits per heavy atom. The monoisotopic (exact) mass is 291 g/mol. The topological polar surface area (TPSA) is 55.6 Å². The highest BCUT2D eigenvalue weighted by Crippen LogP contribution is 2.47. The lowest BCUT2D eigenvalue weighted by Crippen LogP contribution is -2.23. The average molecular weight is 291 g/mol. The minimum Gasteiger partial charge on any atom is -0.368 e. The van der Waals surface area contributed by atoms with Crippen LogP contribution in [0.25, 0.3) is 11.0 Å². The molecule has 0 aromatic carbocycles. The van der Waals surface area contributed by atoms with E-state index in [0.29, 0.717) is 4.75 Å². The Hall–Kier alpha value is -1.30. The SMILES string of the molecule is CSC1(CNc2ncnc3c2cnn3C(C)(C)C)CC1. The van der Waals surface area contributed by atoms with Crippen LogP contribution < -0.4 is 5.32 Å². The van der Waals surface area contributed by atoms with Crippen LogP contribution >= 0.6 is 11.8 Å². The van der Waals surface area contributed by atoms with Crippen LogP contribution in [0.1, 0.15) is 33.6 Å². The first-order valence-corrected chi connectivity index (χ1v) is 8.16. The smallest absolute Gasteiger partial charge is 0.163 e. The van der Waals surface area contributed by atoms with Gasteiger partial charge >= 0.3 is 0 Å². The standard InChI is InChI=1S/C14H21N5S/c1-13(2,3)19-12-10(7-18-19)11(16-9-17-12)15-8-14(20-4)5-6-14/h7,9H,5-6,8H2,1-4H3,(H,15,16,17). The first kappa shape index (κ1) is 13.7. The van der Waals surface area contributed by atoms with Gasteiger partial charge in [-0.3, -0.25) is 0 Å². The van der Waals surface area contributed by atoms with Crippen molar-refractivity contribution < 1.29 is 0 Å². The van der Waals surface area contributed by atoms with Crippen LogP contribution in [-0.4, -0.2) is 37.3 Å². The fraction of sp³-hybridized carbons (Fsp3) is 0.643. The quantitative estimate of drug-likeness (QED) is 0.938. The van der Waals surface area contributed by atoms with Gasteiger partial charge in [-0.25, -0.2) is 14.6 Å². The number of hydrogen-bond acceptors (Lipinski definition) is 5. The fourth-order valence-electron chi connectivity index (χ4n) is 2.31. The van der Waals surface area contributed by atoms with Crippen LogP contribution in [-0.2, 0) is 5.54 Å². The molecule has 1 aliphatic carbocycles. The van der Waals surface area contributed by atoms with Gasteiger partial charge in [0.15, 0.2) is 5.65 Å². The summed E-state index contributed by atoms with van der Waals surface area (Å²) >= 11 is 1.95. The lowest BCUT2D eigenvalue weighted by molar-refractivity contribution is 0.366. The molecule has 0 aliphatic heterocycles. The Morgan fingerprint density at radius 2 is 2.10 bits per heavy atom. The zero-order valence-electron chi connectivity index (χ0n) is 12.5. The Labute approximate surface area is 123 Å². The molecule has 20 heavy (non-hydrogen) atoms. The predicted octanol–water partition coefficient (Wildman–Crippen LogP) is 2.89. The molecule has 1 aliphatic rings. The number of nitrogens with zero attached hydrogens (tertiary/aromatic N) is 4. The van der Waals surface area contributed by atoms with Crippen molar-refractivity contribution in [1.82, 2.24) is 19.7 Å². The minimum absolute atomic E-state index is 0.0790. The van der Waals surface area contributed by atoms with Crippen LogP contribution in [0.5, 0.6) is 0 Å². The van der Waals surface area contributed by atoms with Crippen molar-refractivity contribution in [1.29, 1.82) is 0 Å². The Balaban J connectivity index is 1.90. The second-order valence-corrected chi connectivity index (χ2v) is 7.70. The van der Waals surface area contributed by atoms with E-state index < -0.39 is 0 Å². The Kier molecular flexibility index (Phi) is 3.16. The van der Waals surface area contributed by atoms with Crippen molar-refractivity contribution in [3.63, 3.8) is 0 Å². The van der Waals surface area contributed by atoms with Crippen LogP contribution in [0.15, 0.2) is 12.5 Å². The average Bonchev–Trinajstić information content (AvgIpc) is 3.04. The minimum atomic E-state index is -0.0790. The molecular weight excluding hydrogens is 270 g/mol. The van der Waals surface area contributed by atoms with Gasteiger partial charge in [-0.1, -0.05) is 0 Å². The molecule has 0 amide bonds. The molecule has 0 atom stereocenters. The van der Waals surface area contributed by atoms with E-state index in [4.69, 9.17) is 0 Å². The predicted molar refractivity (Wildman–Crippen MR) is 84.3 cm³/mol. The maximum Gasteiger partial charge on any atom is 0.163 e. The lowest BCUT2D eigenvalue weighted by atomic mass is 10.1. The van der Waals surface area contributed by atoms with Gasteiger partial charge in [-0.15, -0.1) is 0 Å². The van der Waals surface area contributed by atoms with Crippen molar-refractivity contribution in [2.75, 3.05) is 18.1 Å². The van der Waals surface area contributed by atoms with Crippen LogP contribution in [0.4, 0.5) is 5.82 Å². The second-order valence-electron chi connectivity index (χ2n) is 6.43. The number of hydrogen-bond donors (Lipinski definition) is 1. The Morgan fingerprint density at radius 1 is 1.35 bits per heavy atom. The van der Waals surface area contributed by atoms with Gasteiger partial charge in [0.1, 0.15) is 12.1 Å². The van der Waals surface area contributed by atoms with E-state index in [1.54, 1.807) is 6.33 Å². The summed E-state index contributed by atoms with van der Waals surface area (Å²) < 4.78 is 2.37. The number of thioether (sulfide) groups is 1. The normalized spacial score (nSPS) is 17.4. The van der Waals surface area contributed by atoms with E-state index in [0.717, 1.165) is 23.4 Å². The summed E-state index contributed by atoms with van der Waals surface area (Å²) in [6, 6.07) is 0. The first-order valence-electron chi connectivity index (χ1n) is 6.93. The molecule has 2 aromatic rings. The molecule has 1 saturated carbocycles. The summed E-state index contributed by atoms with van der Waals surface area (Å²) in [5.74, 6) is 0.894. The molecule has 1 N–H and O–H groups in total. The summed E-state index contributed by atoms with van der Waals surface area (Å²) in [5, 5.41) is 8.96. The van der Waals surface area contributed by atoms with Gasteiger partial charge < -0.3 is 5.32 Å². The van der Waals surface area contributed by atoms with Crippen molar-refractivity contribution in [3.8, 4) is 0 Å².